The first kappa shape index (κ1) is 17.7. The Morgan fingerprint density at radius 1 is 1.18 bits per heavy atom. The Labute approximate surface area is 160 Å². The topological polar surface area (TPSA) is 59.8 Å². The molecule has 0 spiro atoms. The van der Waals surface area contributed by atoms with Gasteiger partial charge in [-0.25, -0.2) is 4.68 Å². The molecular formula is C20H21F3N4O. The number of aromatic nitrogens is 3. The van der Waals surface area contributed by atoms with Crippen LogP contribution in [0.3, 0.4) is 0 Å². The van der Waals surface area contributed by atoms with Crippen molar-refractivity contribution in [2.24, 2.45) is 29.6 Å². The molecule has 5 rings (SSSR count). The summed E-state index contributed by atoms with van der Waals surface area (Å²) in [5, 5.41) is 11.0. The molecular weight excluding hydrogens is 369 g/mol. The van der Waals surface area contributed by atoms with Gasteiger partial charge in [0.1, 0.15) is 0 Å². The first-order chi connectivity index (χ1) is 13.3. The predicted molar refractivity (Wildman–Crippen MR) is 95.2 cm³/mol. The Morgan fingerprint density at radius 3 is 2.43 bits per heavy atom. The molecule has 0 radical (unpaired) electrons. The molecule has 2 aromatic rings. The molecule has 1 aromatic carbocycles. The van der Waals surface area contributed by atoms with Gasteiger partial charge in [-0.15, -0.1) is 5.10 Å². The van der Waals surface area contributed by atoms with Crippen LogP contribution in [0, 0.1) is 36.5 Å². The van der Waals surface area contributed by atoms with Gasteiger partial charge in [0.05, 0.1) is 17.8 Å². The van der Waals surface area contributed by atoms with Crippen molar-refractivity contribution in [3.05, 3.63) is 41.1 Å². The number of rotatable bonds is 4. The van der Waals surface area contributed by atoms with Crippen molar-refractivity contribution in [3.63, 3.8) is 0 Å². The van der Waals surface area contributed by atoms with Crippen molar-refractivity contribution in [1.82, 2.24) is 15.0 Å². The molecule has 1 aromatic heterocycles. The SMILES string of the molecule is Cc1c(NC(=O)C2[C@H]3[C@H]4CC[C@@H](C4)[C@H]23)nnn1Cc1ccc(C(F)(F)F)cc1. The van der Waals surface area contributed by atoms with Gasteiger partial charge in [0.2, 0.25) is 5.91 Å². The molecule has 3 fully saturated rings. The zero-order valence-electron chi connectivity index (χ0n) is 15.4. The minimum Gasteiger partial charge on any atom is -0.307 e. The van der Waals surface area contributed by atoms with E-state index >= 15 is 0 Å². The second-order valence-corrected chi connectivity index (χ2v) is 8.38. The number of fused-ring (bicyclic) bond motifs is 5. The highest BCUT2D eigenvalue weighted by Gasteiger charge is 2.67. The number of benzene rings is 1. The van der Waals surface area contributed by atoms with Crippen molar-refractivity contribution in [2.75, 3.05) is 5.32 Å². The van der Waals surface area contributed by atoms with E-state index in [2.05, 4.69) is 15.6 Å². The number of carbonyl (C=O) groups is 1. The zero-order chi connectivity index (χ0) is 19.6. The number of hydrogen-bond acceptors (Lipinski definition) is 3. The molecule has 1 N–H and O–H groups in total. The third kappa shape index (κ3) is 2.81. The summed E-state index contributed by atoms with van der Waals surface area (Å²) in [6.45, 7) is 2.10. The third-order valence-electron chi connectivity index (χ3n) is 6.88. The monoisotopic (exact) mass is 390 g/mol. The van der Waals surface area contributed by atoms with Crippen LogP contribution in [0.15, 0.2) is 24.3 Å². The number of nitrogens with zero attached hydrogens (tertiary/aromatic N) is 3. The second-order valence-electron chi connectivity index (χ2n) is 8.38. The molecule has 5 nitrogen and oxygen atoms in total. The lowest BCUT2D eigenvalue weighted by Gasteiger charge is -2.09. The van der Waals surface area contributed by atoms with Crippen LogP contribution in [0.5, 0.6) is 0 Å². The van der Waals surface area contributed by atoms with E-state index in [0.29, 0.717) is 35.5 Å². The van der Waals surface area contributed by atoms with Crippen LogP contribution in [-0.4, -0.2) is 20.9 Å². The normalized spacial score (nSPS) is 30.4. The number of nitrogens with one attached hydrogen (secondary N) is 1. The van der Waals surface area contributed by atoms with Crippen LogP contribution in [-0.2, 0) is 17.5 Å². The van der Waals surface area contributed by atoms with Crippen LogP contribution in [0.4, 0.5) is 19.0 Å². The van der Waals surface area contributed by atoms with E-state index in [0.717, 1.165) is 24.0 Å². The van der Waals surface area contributed by atoms with Crippen LogP contribution >= 0.6 is 0 Å². The van der Waals surface area contributed by atoms with Gasteiger partial charge in [-0.1, -0.05) is 17.3 Å². The Bertz CT molecular complexity index is 905. The average molecular weight is 390 g/mol. The largest absolute Gasteiger partial charge is 0.416 e. The lowest BCUT2D eigenvalue weighted by molar-refractivity contribution is -0.137. The van der Waals surface area contributed by atoms with Crippen LogP contribution in [0.25, 0.3) is 0 Å². The highest BCUT2D eigenvalue weighted by molar-refractivity contribution is 5.94. The Hall–Kier alpha value is -2.38. The summed E-state index contributed by atoms with van der Waals surface area (Å²) in [6.07, 6.45) is -0.531. The van der Waals surface area contributed by atoms with E-state index < -0.39 is 11.7 Å². The number of carbonyl (C=O) groups excluding carboxylic acids is 1. The molecule has 3 aliphatic rings. The molecule has 4 atom stereocenters. The number of halogens is 3. The molecule has 0 unspecified atom stereocenters. The number of hydrogen-bond donors (Lipinski definition) is 1. The van der Waals surface area contributed by atoms with E-state index in [9.17, 15) is 18.0 Å². The second kappa shape index (κ2) is 6.06. The highest BCUT2D eigenvalue weighted by atomic mass is 19.4. The predicted octanol–water partition coefficient (Wildman–Crippen LogP) is 3.88. The van der Waals surface area contributed by atoms with Gasteiger partial charge in [0.25, 0.3) is 0 Å². The molecule has 1 amide bonds. The molecule has 148 valence electrons. The maximum Gasteiger partial charge on any atom is 0.416 e. The number of alkyl halides is 3. The first-order valence-electron chi connectivity index (χ1n) is 9.70. The maximum atomic E-state index is 12.7. The molecule has 0 aliphatic heterocycles. The average Bonchev–Trinajstić information content (AvgIpc) is 2.90. The quantitative estimate of drug-likeness (QED) is 0.862. The molecule has 2 bridgehead atoms. The van der Waals surface area contributed by atoms with E-state index in [1.54, 1.807) is 11.6 Å². The van der Waals surface area contributed by atoms with E-state index in [4.69, 9.17) is 0 Å². The third-order valence-corrected chi connectivity index (χ3v) is 6.88. The van der Waals surface area contributed by atoms with E-state index in [1.807, 2.05) is 0 Å². The van der Waals surface area contributed by atoms with Crippen molar-refractivity contribution in [1.29, 1.82) is 0 Å². The summed E-state index contributed by atoms with van der Waals surface area (Å²) >= 11 is 0. The Balaban J connectivity index is 1.25. The first-order valence-corrected chi connectivity index (χ1v) is 9.70. The van der Waals surface area contributed by atoms with Crippen LogP contribution < -0.4 is 5.32 Å². The van der Waals surface area contributed by atoms with Crippen molar-refractivity contribution in [2.45, 2.75) is 38.9 Å². The lowest BCUT2D eigenvalue weighted by atomic mass is 10.0. The van der Waals surface area contributed by atoms with Crippen LogP contribution in [0.2, 0.25) is 0 Å². The minimum absolute atomic E-state index is 0.0382. The molecule has 1 heterocycles. The molecule has 8 heteroatoms. The standard InChI is InChI=1S/C20H21F3N4O/c1-10-18(24-19(28)17-15-12-4-5-13(8-12)16(15)17)25-26-27(10)9-11-2-6-14(7-3-11)20(21,22)23/h2-3,6-7,12-13,15-17H,4-5,8-9H2,1H3,(H,24,28)/t12-,13-,15-,16-/m0/s1. The van der Waals surface area contributed by atoms with Gasteiger partial charge in [-0.05, 0) is 67.6 Å². The number of amides is 1. The minimum atomic E-state index is -4.35. The zero-order valence-corrected chi connectivity index (χ0v) is 15.4. The fourth-order valence-electron chi connectivity index (χ4n) is 5.47. The van der Waals surface area contributed by atoms with Gasteiger partial charge < -0.3 is 5.32 Å². The van der Waals surface area contributed by atoms with Crippen molar-refractivity contribution in [3.8, 4) is 0 Å². The molecule has 28 heavy (non-hydrogen) atoms. The Kier molecular flexibility index (Phi) is 3.83. The van der Waals surface area contributed by atoms with Crippen molar-refractivity contribution < 1.29 is 18.0 Å². The lowest BCUT2D eigenvalue weighted by Crippen LogP contribution is -2.19. The molecule has 3 saturated carbocycles. The fraction of sp³-hybridized carbons (Fsp3) is 0.550. The maximum absolute atomic E-state index is 12.7. The summed E-state index contributed by atoms with van der Waals surface area (Å²) in [7, 11) is 0. The van der Waals surface area contributed by atoms with E-state index in [-0.39, 0.29) is 11.8 Å². The highest BCUT2D eigenvalue weighted by Crippen LogP contribution is 2.69. The summed E-state index contributed by atoms with van der Waals surface area (Å²) in [6, 6.07) is 4.99. The summed E-state index contributed by atoms with van der Waals surface area (Å²) in [5.74, 6) is 3.16. The van der Waals surface area contributed by atoms with Gasteiger partial charge in [0, 0.05) is 5.92 Å². The van der Waals surface area contributed by atoms with Gasteiger partial charge in [0.15, 0.2) is 5.82 Å². The summed E-state index contributed by atoms with van der Waals surface area (Å²) in [5.41, 5.74) is 0.706. The summed E-state index contributed by atoms with van der Waals surface area (Å²) < 4.78 is 39.6. The van der Waals surface area contributed by atoms with E-state index in [1.165, 1.54) is 31.4 Å². The fourth-order valence-corrected chi connectivity index (χ4v) is 5.47. The number of anilines is 1. The smallest absolute Gasteiger partial charge is 0.307 e. The Morgan fingerprint density at radius 2 is 1.82 bits per heavy atom. The van der Waals surface area contributed by atoms with Gasteiger partial charge in [-0.2, -0.15) is 13.2 Å². The molecule has 3 aliphatic carbocycles. The van der Waals surface area contributed by atoms with Gasteiger partial charge in [-0.3, -0.25) is 4.79 Å². The summed E-state index contributed by atoms with van der Waals surface area (Å²) in [4.78, 5) is 12.7. The van der Waals surface area contributed by atoms with Gasteiger partial charge >= 0.3 is 6.18 Å². The van der Waals surface area contributed by atoms with Crippen LogP contribution in [0.1, 0.15) is 36.1 Å². The van der Waals surface area contributed by atoms with Crippen molar-refractivity contribution >= 4 is 11.7 Å². The molecule has 0 saturated heterocycles.